The predicted octanol–water partition coefficient (Wildman–Crippen LogP) is 3.43. The summed E-state index contributed by atoms with van der Waals surface area (Å²) < 4.78 is 2.11. The lowest BCUT2D eigenvalue weighted by atomic mass is 10.2. The molecule has 1 saturated heterocycles. The molecular weight excluding hydrogens is 240 g/mol. The summed E-state index contributed by atoms with van der Waals surface area (Å²) in [4.78, 5) is 4.49. The van der Waals surface area contributed by atoms with Gasteiger partial charge in [-0.25, -0.2) is 4.98 Å². The molecule has 0 amide bonds. The highest BCUT2D eigenvalue weighted by Crippen LogP contribution is 2.29. The molecule has 84 valence electrons. The minimum Gasteiger partial charge on any atom is -0.302 e. The van der Waals surface area contributed by atoms with E-state index in [9.17, 15) is 0 Å². The molecule has 1 aliphatic rings. The minimum atomic E-state index is 0.740. The maximum Gasteiger partial charge on any atom is 0.114 e. The molecule has 1 unspecified atom stereocenters. The number of fused-ring (bicyclic) bond motifs is 1. The Morgan fingerprint density at radius 2 is 2.44 bits per heavy atom. The fourth-order valence-corrected chi connectivity index (χ4v) is 3.61. The summed E-state index contributed by atoms with van der Waals surface area (Å²) in [5, 5.41) is 1.51. The van der Waals surface area contributed by atoms with Gasteiger partial charge in [-0.1, -0.05) is 11.6 Å². The van der Waals surface area contributed by atoms with Gasteiger partial charge in [-0.15, -0.1) is 0 Å². The molecule has 4 heteroatoms. The number of pyridine rings is 1. The Morgan fingerprint density at radius 1 is 1.50 bits per heavy atom. The van der Waals surface area contributed by atoms with Crippen molar-refractivity contribution in [2.24, 2.45) is 0 Å². The topological polar surface area (TPSA) is 17.3 Å². The first-order chi connectivity index (χ1) is 7.83. The Balaban J connectivity index is 1.93. The van der Waals surface area contributed by atoms with Crippen LogP contribution in [0.1, 0.15) is 18.7 Å². The van der Waals surface area contributed by atoms with Crippen molar-refractivity contribution in [3.63, 3.8) is 0 Å². The van der Waals surface area contributed by atoms with E-state index in [-0.39, 0.29) is 0 Å². The summed E-state index contributed by atoms with van der Waals surface area (Å²) in [6.07, 6.45) is 7.60. The number of aromatic nitrogens is 2. The van der Waals surface area contributed by atoms with E-state index in [1.165, 1.54) is 18.6 Å². The first-order valence-electron chi connectivity index (χ1n) is 5.56. The summed E-state index contributed by atoms with van der Waals surface area (Å²) in [6, 6.07) is 3.92. The highest BCUT2D eigenvalue weighted by atomic mass is 35.5. The Labute approximate surface area is 104 Å². The van der Waals surface area contributed by atoms with E-state index in [2.05, 4.69) is 21.1 Å². The van der Waals surface area contributed by atoms with E-state index in [1.807, 2.05) is 24.5 Å². The van der Waals surface area contributed by atoms with Crippen LogP contribution in [0.4, 0.5) is 0 Å². The third kappa shape index (κ3) is 1.94. The number of nitrogens with zero attached hydrogens (tertiary/aromatic N) is 2. The lowest BCUT2D eigenvalue weighted by Crippen LogP contribution is -2.05. The molecule has 0 bridgehead atoms. The van der Waals surface area contributed by atoms with Gasteiger partial charge in [-0.05, 0) is 30.7 Å². The Morgan fingerprint density at radius 3 is 3.25 bits per heavy atom. The maximum atomic E-state index is 6.01. The van der Waals surface area contributed by atoms with Crippen molar-refractivity contribution >= 4 is 28.9 Å². The maximum absolute atomic E-state index is 6.01. The number of halogens is 1. The molecule has 3 rings (SSSR count). The summed E-state index contributed by atoms with van der Waals surface area (Å²) in [6.45, 7) is 0. The van der Waals surface area contributed by atoms with Crippen LogP contribution in [0, 0.1) is 0 Å². The SMILES string of the molecule is Clc1ccc2cnc(CC3CCCS3)n2c1. The average molecular weight is 253 g/mol. The molecule has 1 atom stereocenters. The zero-order chi connectivity index (χ0) is 11.0. The van der Waals surface area contributed by atoms with Gasteiger partial charge in [-0.3, -0.25) is 0 Å². The van der Waals surface area contributed by atoms with E-state index in [0.29, 0.717) is 0 Å². The van der Waals surface area contributed by atoms with E-state index >= 15 is 0 Å². The minimum absolute atomic E-state index is 0.740. The molecule has 0 aromatic carbocycles. The van der Waals surface area contributed by atoms with Crippen molar-refractivity contribution in [2.75, 3.05) is 5.75 Å². The quantitative estimate of drug-likeness (QED) is 0.815. The Kier molecular flexibility index (Phi) is 2.82. The molecular formula is C12H13ClN2S. The van der Waals surface area contributed by atoms with Crippen LogP contribution in [-0.2, 0) is 6.42 Å². The summed E-state index contributed by atoms with van der Waals surface area (Å²) in [5.41, 5.74) is 1.13. The summed E-state index contributed by atoms with van der Waals surface area (Å²) in [5.74, 6) is 2.44. The van der Waals surface area contributed by atoms with Crippen LogP contribution in [0.25, 0.3) is 5.52 Å². The van der Waals surface area contributed by atoms with Crippen molar-refractivity contribution in [2.45, 2.75) is 24.5 Å². The van der Waals surface area contributed by atoms with Crippen LogP contribution in [0.5, 0.6) is 0 Å². The van der Waals surface area contributed by atoms with Crippen LogP contribution >= 0.6 is 23.4 Å². The summed E-state index contributed by atoms with van der Waals surface area (Å²) >= 11 is 8.08. The largest absolute Gasteiger partial charge is 0.302 e. The van der Waals surface area contributed by atoms with Gasteiger partial charge in [0.15, 0.2) is 0 Å². The Hall–Kier alpha value is -0.670. The molecule has 0 spiro atoms. The number of thioether (sulfide) groups is 1. The number of rotatable bonds is 2. The first-order valence-corrected chi connectivity index (χ1v) is 6.99. The molecule has 16 heavy (non-hydrogen) atoms. The molecule has 0 radical (unpaired) electrons. The first kappa shape index (κ1) is 10.5. The molecule has 0 aliphatic carbocycles. The molecule has 1 aliphatic heterocycles. The van der Waals surface area contributed by atoms with Crippen LogP contribution in [0.2, 0.25) is 5.02 Å². The Bertz CT molecular complexity index is 503. The molecule has 3 heterocycles. The molecule has 2 aromatic heterocycles. The van der Waals surface area contributed by atoms with Gasteiger partial charge in [-0.2, -0.15) is 11.8 Å². The highest BCUT2D eigenvalue weighted by Gasteiger charge is 2.18. The average Bonchev–Trinajstić information content (AvgIpc) is 2.90. The van der Waals surface area contributed by atoms with Gasteiger partial charge in [0.1, 0.15) is 5.82 Å². The standard InChI is InChI=1S/C12H13ClN2S/c13-9-3-4-10-7-14-12(15(10)8-9)6-11-2-1-5-16-11/h3-4,7-8,11H,1-2,5-6H2. The lowest BCUT2D eigenvalue weighted by Gasteiger charge is -2.07. The number of imidazole rings is 1. The van der Waals surface area contributed by atoms with Crippen molar-refractivity contribution in [1.29, 1.82) is 0 Å². The molecule has 0 saturated carbocycles. The van der Waals surface area contributed by atoms with Crippen LogP contribution < -0.4 is 0 Å². The van der Waals surface area contributed by atoms with E-state index in [1.54, 1.807) is 0 Å². The zero-order valence-electron chi connectivity index (χ0n) is 8.90. The second-order valence-electron chi connectivity index (χ2n) is 4.16. The van der Waals surface area contributed by atoms with E-state index in [4.69, 9.17) is 11.6 Å². The van der Waals surface area contributed by atoms with Gasteiger partial charge in [0.2, 0.25) is 0 Å². The summed E-state index contributed by atoms with van der Waals surface area (Å²) in [7, 11) is 0. The monoisotopic (exact) mass is 252 g/mol. The molecule has 2 nitrogen and oxygen atoms in total. The molecule has 2 aromatic rings. The predicted molar refractivity (Wildman–Crippen MR) is 69.4 cm³/mol. The second-order valence-corrected chi connectivity index (χ2v) is 6.00. The van der Waals surface area contributed by atoms with Crippen LogP contribution in [-0.4, -0.2) is 20.4 Å². The van der Waals surface area contributed by atoms with Crippen LogP contribution in [0.15, 0.2) is 24.5 Å². The van der Waals surface area contributed by atoms with Crippen molar-refractivity contribution in [3.8, 4) is 0 Å². The molecule has 1 fully saturated rings. The third-order valence-corrected chi connectivity index (χ3v) is 4.62. The van der Waals surface area contributed by atoms with Crippen molar-refractivity contribution < 1.29 is 0 Å². The van der Waals surface area contributed by atoms with E-state index < -0.39 is 0 Å². The number of hydrogen-bond donors (Lipinski definition) is 0. The van der Waals surface area contributed by atoms with Gasteiger partial charge in [0.25, 0.3) is 0 Å². The second kappa shape index (κ2) is 4.30. The molecule has 0 N–H and O–H groups in total. The van der Waals surface area contributed by atoms with Crippen molar-refractivity contribution in [1.82, 2.24) is 9.38 Å². The van der Waals surface area contributed by atoms with Crippen molar-refractivity contribution in [3.05, 3.63) is 35.4 Å². The number of hydrogen-bond acceptors (Lipinski definition) is 2. The fourth-order valence-electron chi connectivity index (χ4n) is 2.18. The zero-order valence-corrected chi connectivity index (χ0v) is 10.5. The van der Waals surface area contributed by atoms with E-state index in [0.717, 1.165) is 28.0 Å². The highest BCUT2D eigenvalue weighted by molar-refractivity contribution is 8.00. The van der Waals surface area contributed by atoms with Gasteiger partial charge < -0.3 is 4.40 Å². The fraction of sp³-hybridized carbons (Fsp3) is 0.417. The normalized spacial score (nSPS) is 20.7. The smallest absolute Gasteiger partial charge is 0.114 e. The van der Waals surface area contributed by atoms with Crippen LogP contribution in [0.3, 0.4) is 0 Å². The van der Waals surface area contributed by atoms with Gasteiger partial charge in [0.05, 0.1) is 16.7 Å². The third-order valence-electron chi connectivity index (χ3n) is 3.00. The van der Waals surface area contributed by atoms with Gasteiger partial charge >= 0.3 is 0 Å². The lowest BCUT2D eigenvalue weighted by molar-refractivity contribution is 0.743. The van der Waals surface area contributed by atoms with Gasteiger partial charge in [0, 0.05) is 17.9 Å².